The zero-order chi connectivity index (χ0) is 15.6. The molecule has 1 atom stereocenters. The van der Waals surface area contributed by atoms with Gasteiger partial charge < -0.3 is 5.32 Å². The molecule has 1 aromatic carbocycles. The number of nitrogens with one attached hydrogen (secondary N) is 1. The van der Waals surface area contributed by atoms with Crippen molar-refractivity contribution >= 4 is 23.2 Å². The summed E-state index contributed by atoms with van der Waals surface area (Å²) in [4.78, 5) is 0. The SMILES string of the molecule is CCC(NC)c1c(C)nn(Cc2ccc(Cl)c(Cl)c2)c1C. The number of aryl methyl sites for hydroxylation is 1. The molecule has 0 amide bonds. The Morgan fingerprint density at radius 2 is 1.95 bits per heavy atom. The summed E-state index contributed by atoms with van der Waals surface area (Å²) in [6.07, 6.45) is 1.04. The maximum atomic E-state index is 6.08. The molecule has 1 aromatic heterocycles. The van der Waals surface area contributed by atoms with Crippen LogP contribution >= 0.6 is 23.2 Å². The van der Waals surface area contributed by atoms with Gasteiger partial charge in [-0.25, -0.2) is 0 Å². The fourth-order valence-electron chi connectivity index (χ4n) is 2.73. The van der Waals surface area contributed by atoms with Crippen LogP contribution in [-0.2, 0) is 6.54 Å². The topological polar surface area (TPSA) is 29.9 Å². The third-order valence-electron chi connectivity index (χ3n) is 3.86. The lowest BCUT2D eigenvalue weighted by Crippen LogP contribution is -2.17. The Hall–Kier alpha value is -1.03. The van der Waals surface area contributed by atoms with Crippen molar-refractivity contribution in [2.75, 3.05) is 7.05 Å². The molecule has 0 aliphatic heterocycles. The van der Waals surface area contributed by atoms with Gasteiger partial charge in [0.1, 0.15) is 0 Å². The van der Waals surface area contributed by atoms with Crippen LogP contribution in [0.5, 0.6) is 0 Å². The number of hydrogen-bond donors (Lipinski definition) is 1. The van der Waals surface area contributed by atoms with Crippen molar-refractivity contribution in [3.8, 4) is 0 Å². The highest BCUT2D eigenvalue weighted by atomic mass is 35.5. The summed E-state index contributed by atoms with van der Waals surface area (Å²) in [5.41, 5.74) is 4.66. The molecule has 2 rings (SSSR count). The molecule has 0 spiro atoms. The average molecular weight is 326 g/mol. The third kappa shape index (κ3) is 3.42. The van der Waals surface area contributed by atoms with E-state index >= 15 is 0 Å². The van der Waals surface area contributed by atoms with Crippen LogP contribution in [0.25, 0.3) is 0 Å². The summed E-state index contributed by atoms with van der Waals surface area (Å²) in [6, 6.07) is 6.05. The summed E-state index contributed by atoms with van der Waals surface area (Å²) >= 11 is 12.0. The van der Waals surface area contributed by atoms with Crippen LogP contribution in [0.2, 0.25) is 10.0 Å². The Kier molecular flexibility index (Phi) is 5.31. The molecule has 0 bridgehead atoms. The van der Waals surface area contributed by atoms with E-state index in [1.807, 2.05) is 29.9 Å². The van der Waals surface area contributed by atoms with E-state index < -0.39 is 0 Å². The first-order chi connectivity index (χ1) is 9.97. The lowest BCUT2D eigenvalue weighted by Gasteiger charge is -2.15. The van der Waals surface area contributed by atoms with Crippen molar-refractivity contribution in [3.63, 3.8) is 0 Å². The number of benzene rings is 1. The third-order valence-corrected chi connectivity index (χ3v) is 4.60. The van der Waals surface area contributed by atoms with Gasteiger partial charge in [-0.05, 0) is 45.0 Å². The number of halogens is 2. The lowest BCUT2D eigenvalue weighted by molar-refractivity contribution is 0.568. The summed E-state index contributed by atoms with van der Waals surface area (Å²) in [6.45, 7) is 7.06. The Morgan fingerprint density at radius 3 is 2.52 bits per heavy atom. The first-order valence-corrected chi connectivity index (χ1v) is 7.88. The Morgan fingerprint density at radius 1 is 1.24 bits per heavy atom. The standard InChI is InChI=1S/C16H21Cl2N3/c1-5-15(19-4)16-10(2)20-21(11(16)3)9-12-6-7-13(17)14(18)8-12/h6-8,15,19H,5,9H2,1-4H3. The minimum absolute atomic E-state index is 0.340. The molecular formula is C16H21Cl2N3. The van der Waals surface area contributed by atoms with Gasteiger partial charge in [0.05, 0.1) is 22.3 Å². The van der Waals surface area contributed by atoms with Crippen molar-refractivity contribution in [2.24, 2.45) is 0 Å². The Bertz CT molecular complexity index is 631. The van der Waals surface area contributed by atoms with Gasteiger partial charge in [0.2, 0.25) is 0 Å². The highest BCUT2D eigenvalue weighted by Gasteiger charge is 2.18. The van der Waals surface area contributed by atoms with Crippen LogP contribution in [0.3, 0.4) is 0 Å². The van der Waals surface area contributed by atoms with Gasteiger partial charge in [-0.15, -0.1) is 0 Å². The Labute approximate surface area is 136 Å². The maximum Gasteiger partial charge on any atom is 0.0663 e. The number of hydrogen-bond acceptors (Lipinski definition) is 2. The zero-order valence-electron chi connectivity index (χ0n) is 12.9. The second-order valence-corrected chi connectivity index (χ2v) is 6.05. The summed E-state index contributed by atoms with van der Waals surface area (Å²) in [5, 5.41) is 9.19. The molecule has 0 saturated heterocycles. The second kappa shape index (κ2) is 6.82. The predicted molar refractivity (Wildman–Crippen MR) is 89.4 cm³/mol. The second-order valence-electron chi connectivity index (χ2n) is 5.24. The molecule has 114 valence electrons. The first-order valence-electron chi connectivity index (χ1n) is 7.13. The van der Waals surface area contributed by atoms with Crippen LogP contribution in [0.1, 0.15) is 41.9 Å². The van der Waals surface area contributed by atoms with E-state index in [1.54, 1.807) is 0 Å². The van der Waals surface area contributed by atoms with Gasteiger partial charge in [-0.2, -0.15) is 5.10 Å². The highest BCUT2D eigenvalue weighted by Crippen LogP contribution is 2.26. The Balaban J connectivity index is 2.33. The molecule has 5 heteroatoms. The number of aromatic nitrogens is 2. The van der Waals surface area contributed by atoms with E-state index in [0.717, 1.165) is 17.7 Å². The van der Waals surface area contributed by atoms with Gasteiger partial charge in [-0.1, -0.05) is 36.2 Å². The van der Waals surface area contributed by atoms with Crippen molar-refractivity contribution in [1.29, 1.82) is 0 Å². The van der Waals surface area contributed by atoms with E-state index in [0.29, 0.717) is 22.6 Å². The molecule has 0 aliphatic carbocycles. The molecule has 1 heterocycles. The van der Waals surface area contributed by atoms with Crippen molar-refractivity contribution < 1.29 is 0 Å². The van der Waals surface area contributed by atoms with Crippen LogP contribution in [0.15, 0.2) is 18.2 Å². The molecule has 0 fully saturated rings. The van der Waals surface area contributed by atoms with E-state index in [-0.39, 0.29) is 0 Å². The fraction of sp³-hybridized carbons (Fsp3) is 0.438. The summed E-state index contributed by atoms with van der Waals surface area (Å²) < 4.78 is 2.03. The van der Waals surface area contributed by atoms with Crippen LogP contribution in [-0.4, -0.2) is 16.8 Å². The van der Waals surface area contributed by atoms with Gasteiger partial charge in [-0.3, -0.25) is 4.68 Å². The molecular weight excluding hydrogens is 305 g/mol. The summed E-state index contributed by atoms with van der Waals surface area (Å²) in [5.74, 6) is 0. The van der Waals surface area contributed by atoms with Crippen LogP contribution < -0.4 is 5.32 Å². The average Bonchev–Trinajstić information content (AvgIpc) is 2.72. The molecule has 1 unspecified atom stereocenters. The first kappa shape index (κ1) is 16.3. The van der Waals surface area contributed by atoms with E-state index in [2.05, 4.69) is 31.2 Å². The molecule has 0 saturated carbocycles. The molecule has 2 aromatic rings. The number of rotatable bonds is 5. The van der Waals surface area contributed by atoms with E-state index in [1.165, 1.54) is 11.3 Å². The number of nitrogens with zero attached hydrogens (tertiary/aromatic N) is 2. The van der Waals surface area contributed by atoms with Crippen LogP contribution in [0.4, 0.5) is 0 Å². The van der Waals surface area contributed by atoms with Crippen molar-refractivity contribution in [3.05, 3.63) is 50.8 Å². The smallest absolute Gasteiger partial charge is 0.0663 e. The minimum Gasteiger partial charge on any atom is -0.313 e. The molecule has 3 nitrogen and oxygen atoms in total. The quantitative estimate of drug-likeness (QED) is 0.875. The predicted octanol–water partition coefficient (Wildman–Crippen LogP) is 4.53. The largest absolute Gasteiger partial charge is 0.313 e. The minimum atomic E-state index is 0.340. The summed E-state index contributed by atoms with van der Waals surface area (Å²) in [7, 11) is 1.99. The van der Waals surface area contributed by atoms with E-state index in [9.17, 15) is 0 Å². The van der Waals surface area contributed by atoms with E-state index in [4.69, 9.17) is 23.2 Å². The van der Waals surface area contributed by atoms with Crippen molar-refractivity contribution in [2.45, 2.75) is 39.8 Å². The van der Waals surface area contributed by atoms with Gasteiger partial charge in [0.15, 0.2) is 0 Å². The molecule has 0 aliphatic rings. The van der Waals surface area contributed by atoms with Gasteiger partial charge >= 0.3 is 0 Å². The maximum absolute atomic E-state index is 6.08. The lowest BCUT2D eigenvalue weighted by atomic mass is 10.0. The molecule has 0 radical (unpaired) electrons. The normalized spacial score (nSPS) is 12.7. The molecule has 21 heavy (non-hydrogen) atoms. The van der Waals surface area contributed by atoms with Crippen LogP contribution in [0, 0.1) is 13.8 Å². The highest BCUT2D eigenvalue weighted by molar-refractivity contribution is 6.42. The van der Waals surface area contributed by atoms with Gasteiger partial charge in [0.25, 0.3) is 0 Å². The van der Waals surface area contributed by atoms with Crippen molar-refractivity contribution in [1.82, 2.24) is 15.1 Å². The zero-order valence-corrected chi connectivity index (χ0v) is 14.4. The fourth-order valence-corrected chi connectivity index (χ4v) is 3.05. The molecule has 1 N–H and O–H groups in total. The van der Waals surface area contributed by atoms with Gasteiger partial charge in [0, 0.05) is 17.3 Å². The monoisotopic (exact) mass is 325 g/mol.